The van der Waals surface area contributed by atoms with E-state index in [1.165, 1.54) is 44.1 Å². The van der Waals surface area contributed by atoms with E-state index >= 15 is 0 Å². The highest BCUT2D eigenvalue weighted by molar-refractivity contribution is 6.74. The van der Waals surface area contributed by atoms with Gasteiger partial charge in [0, 0.05) is 0 Å². The maximum atomic E-state index is 10.6. The molecule has 3 heteroatoms. The van der Waals surface area contributed by atoms with Crippen molar-refractivity contribution in [2.45, 2.75) is 123 Å². The second-order valence-electron chi connectivity index (χ2n) is 11.1. The van der Waals surface area contributed by atoms with E-state index < -0.39 is 8.32 Å². The lowest BCUT2D eigenvalue weighted by molar-refractivity contribution is 0.108. The van der Waals surface area contributed by atoms with Gasteiger partial charge in [-0.1, -0.05) is 84.8 Å². The Morgan fingerprint density at radius 3 is 2.11 bits per heavy atom. The highest BCUT2D eigenvalue weighted by Crippen LogP contribution is 2.48. The molecule has 2 aliphatic rings. The fourth-order valence-corrected chi connectivity index (χ4v) is 6.32. The first-order valence-electron chi connectivity index (χ1n) is 11.6. The van der Waals surface area contributed by atoms with Gasteiger partial charge in [-0.3, -0.25) is 0 Å². The second-order valence-corrected chi connectivity index (χ2v) is 15.8. The molecule has 2 bridgehead atoms. The van der Waals surface area contributed by atoms with Gasteiger partial charge in [-0.2, -0.15) is 0 Å². The Bertz CT molecular complexity index is 489. The van der Waals surface area contributed by atoms with Gasteiger partial charge in [-0.15, -0.1) is 0 Å². The zero-order valence-electron chi connectivity index (χ0n) is 19.2. The van der Waals surface area contributed by atoms with E-state index in [2.05, 4.69) is 53.8 Å². The molecule has 0 aromatic rings. The Morgan fingerprint density at radius 2 is 1.56 bits per heavy atom. The van der Waals surface area contributed by atoms with Gasteiger partial charge in [0.05, 0.1) is 12.2 Å². The lowest BCUT2D eigenvalue weighted by Crippen LogP contribution is -2.45. The predicted octanol–water partition coefficient (Wildman–Crippen LogP) is 7.09. The molecule has 27 heavy (non-hydrogen) atoms. The van der Waals surface area contributed by atoms with Crippen molar-refractivity contribution >= 4 is 8.32 Å². The topological polar surface area (TPSA) is 29.5 Å². The third kappa shape index (κ3) is 6.18. The maximum Gasteiger partial charge on any atom is 0.192 e. The van der Waals surface area contributed by atoms with Crippen molar-refractivity contribution in [1.29, 1.82) is 0 Å². The van der Waals surface area contributed by atoms with Gasteiger partial charge in [0.15, 0.2) is 8.32 Å². The van der Waals surface area contributed by atoms with Gasteiger partial charge < -0.3 is 9.53 Å². The van der Waals surface area contributed by atoms with Gasteiger partial charge >= 0.3 is 0 Å². The standard InChI is InChI=1S/C24H46O2Si/c1-18(2)23-19-16-20(25)14-12-10-8-9-11-13-15-21(23)22(17-19)26-27(6,7)24(3,4)5/h16,18,20-23,25H,8-15,17H2,1-7H3/b19-16-/t20-,21-,22-,23-/m0/s1. The summed E-state index contributed by atoms with van der Waals surface area (Å²) in [4.78, 5) is 0. The molecular weight excluding hydrogens is 348 g/mol. The number of hydrogen-bond donors (Lipinski definition) is 1. The fraction of sp³-hybridized carbons (Fsp3) is 0.917. The normalized spacial score (nSPS) is 33.7. The minimum Gasteiger partial charge on any atom is -0.413 e. The number of rotatable bonds is 3. The van der Waals surface area contributed by atoms with Crippen LogP contribution in [0.25, 0.3) is 0 Å². The van der Waals surface area contributed by atoms with Crippen LogP contribution in [0.4, 0.5) is 0 Å². The summed E-state index contributed by atoms with van der Waals surface area (Å²) in [6, 6.07) is 0. The van der Waals surface area contributed by atoms with Crippen LogP contribution in [0.3, 0.4) is 0 Å². The monoisotopic (exact) mass is 394 g/mol. The van der Waals surface area contributed by atoms with Crippen molar-refractivity contribution in [3.8, 4) is 0 Å². The Labute approximate surface area is 170 Å². The Kier molecular flexibility index (Phi) is 8.22. The van der Waals surface area contributed by atoms with Crippen molar-refractivity contribution in [1.82, 2.24) is 0 Å². The Hall–Kier alpha value is -0.123. The Balaban J connectivity index is 2.29. The summed E-state index contributed by atoms with van der Waals surface area (Å²) in [6.45, 7) is 16.5. The molecule has 1 saturated carbocycles. The van der Waals surface area contributed by atoms with Crippen molar-refractivity contribution in [2.75, 3.05) is 0 Å². The fourth-order valence-electron chi connectivity index (χ4n) is 4.95. The molecule has 0 aromatic carbocycles. The minimum absolute atomic E-state index is 0.248. The van der Waals surface area contributed by atoms with Crippen molar-refractivity contribution < 1.29 is 9.53 Å². The second kappa shape index (κ2) is 9.58. The summed E-state index contributed by atoms with van der Waals surface area (Å²) in [7, 11) is -1.79. The molecule has 0 aliphatic heterocycles. The van der Waals surface area contributed by atoms with Crippen LogP contribution in [0, 0.1) is 17.8 Å². The number of hydrogen-bond acceptors (Lipinski definition) is 2. The summed E-state index contributed by atoms with van der Waals surface area (Å²) in [5.74, 6) is 1.82. The molecule has 0 heterocycles. The van der Waals surface area contributed by atoms with Crippen LogP contribution >= 0.6 is 0 Å². The van der Waals surface area contributed by atoms with Crippen molar-refractivity contribution in [3.05, 3.63) is 11.6 Å². The van der Waals surface area contributed by atoms with Crippen LogP contribution < -0.4 is 0 Å². The first kappa shape index (κ1) is 23.2. The van der Waals surface area contributed by atoms with Gasteiger partial charge in [-0.25, -0.2) is 0 Å². The third-order valence-electron chi connectivity index (χ3n) is 7.47. The third-order valence-corrected chi connectivity index (χ3v) is 12.0. The highest BCUT2D eigenvalue weighted by atomic mass is 28.4. The summed E-state index contributed by atoms with van der Waals surface area (Å²) in [6.07, 6.45) is 13.3. The molecule has 0 aromatic heterocycles. The molecule has 2 aliphatic carbocycles. The molecular formula is C24H46O2Si. The first-order valence-corrected chi connectivity index (χ1v) is 14.5. The average molecular weight is 395 g/mol. The van der Waals surface area contributed by atoms with Crippen LogP contribution in [-0.2, 0) is 4.43 Å². The Morgan fingerprint density at radius 1 is 1.00 bits per heavy atom. The summed E-state index contributed by atoms with van der Waals surface area (Å²) in [5, 5.41) is 10.9. The molecule has 1 fully saturated rings. The minimum atomic E-state index is -1.79. The molecule has 0 radical (unpaired) electrons. The van der Waals surface area contributed by atoms with E-state index in [9.17, 15) is 5.11 Å². The van der Waals surface area contributed by atoms with Gasteiger partial charge in [-0.05, 0) is 55.1 Å². The molecule has 1 N–H and O–H groups in total. The van der Waals surface area contributed by atoms with E-state index in [0.717, 1.165) is 19.3 Å². The van der Waals surface area contributed by atoms with Gasteiger partial charge in [0.2, 0.25) is 0 Å². The molecule has 0 saturated heterocycles. The van der Waals surface area contributed by atoms with Gasteiger partial charge in [0.1, 0.15) is 0 Å². The lowest BCUT2D eigenvalue weighted by atomic mass is 9.80. The average Bonchev–Trinajstić information content (AvgIpc) is 2.85. The van der Waals surface area contributed by atoms with Gasteiger partial charge in [0.25, 0.3) is 0 Å². The molecule has 0 spiro atoms. The lowest BCUT2D eigenvalue weighted by Gasteiger charge is -2.40. The quantitative estimate of drug-likeness (QED) is 0.409. The van der Waals surface area contributed by atoms with Crippen LogP contribution in [-0.4, -0.2) is 25.6 Å². The number of fused-ring (bicyclic) bond motifs is 2. The summed E-state index contributed by atoms with van der Waals surface area (Å²) >= 11 is 0. The largest absolute Gasteiger partial charge is 0.413 e. The van der Waals surface area contributed by atoms with Crippen LogP contribution in [0.5, 0.6) is 0 Å². The smallest absolute Gasteiger partial charge is 0.192 e. The van der Waals surface area contributed by atoms with E-state index in [1.807, 2.05) is 0 Å². The maximum absolute atomic E-state index is 10.6. The predicted molar refractivity (Wildman–Crippen MR) is 120 cm³/mol. The molecule has 2 rings (SSSR count). The van der Waals surface area contributed by atoms with E-state index in [1.54, 1.807) is 0 Å². The first-order chi connectivity index (χ1) is 12.5. The summed E-state index contributed by atoms with van der Waals surface area (Å²) < 4.78 is 6.99. The number of aliphatic hydroxyl groups is 1. The SMILES string of the molecule is CC(C)[C@H]1/C2=C\[C@@H](O)CCCCCCCC[C@H]1[C@@H](O[Si](C)(C)C(C)(C)C)C2. The van der Waals surface area contributed by atoms with E-state index in [-0.39, 0.29) is 11.1 Å². The van der Waals surface area contributed by atoms with Crippen LogP contribution in [0.2, 0.25) is 18.1 Å². The van der Waals surface area contributed by atoms with E-state index in [0.29, 0.717) is 23.9 Å². The number of aliphatic hydroxyl groups excluding tert-OH is 1. The molecule has 4 atom stereocenters. The van der Waals surface area contributed by atoms with Crippen LogP contribution in [0.1, 0.15) is 92.4 Å². The van der Waals surface area contributed by atoms with Crippen molar-refractivity contribution in [3.63, 3.8) is 0 Å². The van der Waals surface area contributed by atoms with Crippen LogP contribution in [0.15, 0.2) is 11.6 Å². The zero-order valence-corrected chi connectivity index (χ0v) is 20.2. The molecule has 0 amide bonds. The highest BCUT2D eigenvalue weighted by Gasteiger charge is 2.46. The molecule has 0 unspecified atom stereocenters. The summed E-state index contributed by atoms with van der Waals surface area (Å²) in [5.41, 5.74) is 1.49. The zero-order chi connectivity index (χ0) is 20.2. The van der Waals surface area contributed by atoms with Crippen molar-refractivity contribution in [2.24, 2.45) is 17.8 Å². The molecule has 2 nitrogen and oxygen atoms in total. The molecule has 158 valence electrons. The van der Waals surface area contributed by atoms with E-state index in [4.69, 9.17) is 4.43 Å².